The molecule has 0 unspecified atom stereocenters. The summed E-state index contributed by atoms with van der Waals surface area (Å²) in [6.45, 7) is 3.92. The number of hydrogen-bond acceptors (Lipinski definition) is 7. The van der Waals surface area contributed by atoms with Crippen LogP contribution >= 0.6 is 15.9 Å². The summed E-state index contributed by atoms with van der Waals surface area (Å²) in [4.78, 5) is 23.5. The van der Waals surface area contributed by atoms with Crippen LogP contribution in [0.3, 0.4) is 0 Å². The van der Waals surface area contributed by atoms with E-state index in [9.17, 15) is 25.3 Å². The topological polar surface area (TPSA) is 119 Å². The predicted octanol–water partition coefficient (Wildman–Crippen LogP) is 4.16. The second-order valence-corrected chi connectivity index (χ2v) is 8.55. The normalized spacial score (nSPS) is 20.6. The Morgan fingerprint density at radius 3 is 2.47 bits per heavy atom. The quantitative estimate of drug-likeness (QED) is 0.520. The summed E-state index contributed by atoms with van der Waals surface area (Å²) in [5, 5.41) is 32.2. The van der Waals surface area contributed by atoms with Gasteiger partial charge in [0.1, 0.15) is 5.75 Å². The van der Waals surface area contributed by atoms with Gasteiger partial charge < -0.3 is 14.7 Å². The molecule has 0 saturated heterocycles. The minimum atomic E-state index is -1.08. The van der Waals surface area contributed by atoms with Crippen LogP contribution < -0.4 is 9.64 Å². The van der Waals surface area contributed by atoms with Crippen molar-refractivity contribution in [2.24, 2.45) is 0 Å². The summed E-state index contributed by atoms with van der Waals surface area (Å²) in [5.41, 5.74) is 0.0737. The fraction of sp³-hybridized carbons (Fsp3) is 0.300. The maximum atomic E-state index is 11.3. The summed E-state index contributed by atoms with van der Waals surface area (Å²) in [5.74, 6) is 0.432. The van der Waals surface area contributed by atoms with E-state index in [2.05, 4.69) is 15.9 Å². The standard InChI is InChI=1S/C20H18BrN3O6/c1-19(2)15-10-13(23(26)27)3-4-17(15)22(7-8-25)20(19)6-5-12-9-14(24(28)29)11-16(21)18(12)30-20/h3-6,9-11,25H,7-8H2,1-2H3/t20-/m0/s1. The van der Waals surface area contributed by atoms with Crippen molar-refractivity contribution in [3.8, 4) is 5.75 Å². The summed E-state index contributed by atoms with van der Waals surface area (Å²) in [6, 6.07) is 7.43. The van der Waals surface area contributed by atoms with Crippen molar-refractivity contribution in [2.75, 3.05) is 18.1 Å². The van der Waals surface area contributed by atoms with Crippen molar-refractivity contribution in [3.05, 3.63) is 72.2 Å². The molecule has 2 aliphatic rings. The van der Waals surface area contributed by atoms with Gasteiger partial charge in [0, 0.05) is 42.1 Å². The highest BCUT2D eigenvalue weighted by molar-refractivity contribution is 9.10. The number of aliphatic hydroxyl groups excluding tert-OH is 1. The number of nitrogens with zero attached hydrogens (tertiary/aromatic N) is 3. The van der Waals surface area contributed by atoms with Gasteiger partial charge in [0.2, 0.25) is 5.72 Å². The van der Waals surface area contributed by atoms with Crippen molar-refractivity contribution in [3.63, 3.8) is 0 Å². The molecule has 2 heterocycles. The van der Waals surface area contributed by atoms with Gasteiger partial charge in [-0.15, -0.1) is 0 Å². The number of nitro benzene ring substituents is 2. The van der Waals surface area contributed by atoms with E-state index in [0.29, 0.717) is 15.8 Å². The van der Waals surface area contributed by atoms with Gasteiger partial charge in [0.25, 0.3) is 11.4 Å². The first-order valence-electron chi connectivity index (χ1n) is 9.16. The smallest absolute Gasteiger partial charge is 0.271 e. The zero-order chi connectivity index (χ0) is 21.8. The molecule has 10 heteroatoms. The highest BCUT2D eigenvalue weighted by Crippen LogP contribution is 2.56. The van der Waals surface area contributed by atoms with E-state index in [4.69, 9.17) is 4.74 Å². The number of benzene rings is 2. The molecule has 4 rings (SSSR count). The molecule has 2 aromatic carbocycles. The highest BCUT2D eigenvalue weighted by atomic mass is 79.9. The molecule has 30 heavy (non-hydrogen) atoms. The van der Waals surface area contributed by atoms with Crippen LogP contribution in [0.2, 0.25) is 0 Å². The van der Waals surface area contributed by atoms with Crippen LogP contribution in [0.15, 0.2) is 40.9 Å². The number of hydrogen-bond donors (Lipinski definition) is 1. The predicted molar refractivity (Wildman–Crippen MR) is 114 cm³/mol. The first-order chi connectivity index (χ1) is 14.1. The number of fused-ring (bicyclic) bond motifs is 2. The van der Waals surface area contributed by atoms with Crippen molar-refractivity contribution < 1.29 is 19.7 Å². The summed E-state index contributed by atoms with van der Waals surface area (Å²) in [6.07, 6.45) is 3.55. The lowest BCUT2D eigenvalue weighted by molar-refractivity contribution is -0.385. The molecule has 1 N–H and O–H groups in total. The lowest BCUT2D eigenvalue weighted by atomic mass is 9.76. The molecule has 0 bridgehead atoms. The number of aliphatic hydroxyl groups is 1. The van der Waals surface area contributed by atoms with Gasteiger partial charge in [0.15, 0.2) is 0 Å². The molecular weight excluding hydrogens is 458 g/mol. The number of rotatable bonds is 4. The van der Waals surface area contributed by atoms with Crippen LogP contribution in [0, 0.1) is 20.2 Å². The molecule has 1 spiro atoms. The van der Waals surface area contributed by atoms with Gasteiger partial charge in [-0.3, -0.25) is 20.2 Å². The zero-order valence-corrected chi connectivity index (χ0v) is 17.7. The number of halogens is 1. The third-order valence-corrected chi connectivity index (χ3v) is 6.38. The molecule has 0 amide bonds. The first kappa shape index (κ1) is 20.3. The van der Waals surface area contributed by atoms with Crippen molar-refractivity contribution in [1.82, 2.24) is 0 Å². The number of β-amino-alcohol motifs (C(OH)–C–C–N with tert-alkyl or cyclic N) is 1. The van der Waals surface area contributed by atoms with Crippen LogP contribution in [-0.4, -0.2) is 33.8 Å². The monoisotopic (exact) mass is 475 g/mol. The number of nitro groups is 2. The average molecular weight is 476 g/mol. The number of non-ortho nitro benzene ring substituents is 2. The fourth-order valence-corrected chi connectivity index (χ4v) is 4.82. The molecule has 0 aliphatic carbocycles. The van der Waals surface area contributed by atoms with Gasteiger partial charge in [0.05, 0.1) is 26.3 Å². The third-order valence-electron chi connectivity index (χ3n) is 5.79. The number of ether oxygens (including phenoxy) is 1. The van der Waals surface area contributed by atoms with E-state index >= 15 is 0 Å². The Bertz CT molecular complexity index is 1120. The van der Waals surface area contributed by atoms with E-state index in [1.165, 1.54) is 24.3 Å². The van der Waals surface area contributed by atoms with Gasteiger partial charge in [-0.25, -0.2) is 0 Å². The second-order valence-electron chi connectivity index (χ2n) is 7.69. The second kappa shape index (κ2) is 6.78. The lowest BCUT2D eigenvalue weighted by Crippen LogP contribution is -2.60. The molecule has 0 radical (unpaired) electrons. The van der Waals surface area contributed by atoms with E-state index < -0.39 is 21.0 Å². The van der Waals surface area contributed by atoms with E-state index in [-0.39, 0.29) is 24.5 Å². The van der Waals surface area contributed by atoms with Crippen LogP contribution in [0.1, 0.15) is 25.0 Å². The molecule has 0 fully saturated rings. The van der Waals surface area contributed by atoms with Crippen molar-refractivity contribution >= 4 is 39.1 Å². The maximum absolute atomic E-state index is 11.3. The maximum Gasteiger partial charge on any atom is 0.271 e. The van der Waals surface area contributed by atoms with Gasteiger partial charge in [-0.2, -0.15) is 0 Å². The van der Waals surface area contributed by atoms with Crippen LogP contribution in [0.25, 0.3) is 6.08 Å². The van der Waals surface area contributed by atoms with Gasteiger partial charge in [-0.1, -0.05) is 0 Å². The highest BCUT2D eigenvalue weighted by Gasteiger charge is 2.59. The van der Waals surface area contributed by atoms with E-state index in [1.807, 2.05) is 18.7 Å². The Hall–Kier alpha value is -2.98. The molecule has 0 saturated carbocycles. The molecule has 2 aromatic rings. The minimum absolute atomic E-state index is 0.0279. The van der Waals surface area contributed by atoms with Crippen LogP contribution in [0.5, 0.6) is 5.75 Å². The Balaban J connectivity index is 1.90. The number of anilines is 1. The Morgan fingerprint density at radius 2 is 1.83 bits per heavy atom. The molecule has 2 aliphatic heterocycles. The summed E-state index contributed by atoms with van der Waals surface area (Å²) in [7, 11) is 0. The van der Waals surface area contributed by atoms with Crippen molar-refractivity contribution in [2.45, 2.75) is 25.0 Å². The molecule has 0 aromatic heterocycles. The van der Waals surface area contributed by atoms with Crippen LogP contribution in [0.4, 0.5) is 17.1 Å². The van der Waals surface area contributed by atoms with Crippen molar-refractivity contribution in [1.29, 1.82) is 0 Å². The van der Waals surface area contributed by atoms with Gasteiger partial charge in [-0.05, 0) is 53.6 Å². The summed E-state index contributed by atoms with van der Waals surface area (Å²) >= 11 is 3.37. The molecular formula is C20H18BrN3O6. The largest absolute Gasteiger partial charge is 0.462 e. The Morgan fingerprint density at radius 1 is 1.13 bits per heavy atom. The average Bonchev–Trinajstić information content (AvgIpc) is 2.87. The van der Waals surface area contributed by atoms with Gasteiger partial charge >= 0.3 is 0 Å². The molecule has 9 nitrogen and oxygen atoms in total. The third kappa shape index (κ3) is 2.71. The molecule has 156 valence electrons. The summed E-state index contributed by atoms with van der Waals surface area (Å²) < 4.78 is 6.93. The van der Waals surface area contributed by atoms with E-state index in [1.54, 1.807) is 18.2 Å². The first-order valence-corrected chi connectivity index (χ1v) is 9.95. The molecule has 1 atom stereocenters. The van der Waals surface area contributed by atoms with E-state index in [0.717, 1.165) is 11.3 Å². The SMILES string of the molecule is CC1(C)c2cc([N+](=O)[O-])ccc2N(CCO)[C@]12C=Cc1cc([N+](=O)[O-])cc(Br)c1O2. The Kier molecular flexibility index (Phi) is 4.59. The minimum Gasteiger partial charge on any atom is -0.462 e. The van der Waals surface area contributed by atoms with Crippen LogP contribution in [-0.2, 0) is 5.41 Å². The lowest BCUT2D eigenvalue weighted by Gasteiger charge is -2.47. The zero-order valence-electron chi connectivity index (χ0n) is 16.2. The fourth-order valence-electron chi connectivity index (χ4n) is 4.28. The Labute approximate surface area is 180 Å².